The van der Waals surface area contributed by atoms with Gasteiger partial charge in [0.25, 0.3) is 5.56 Å². The summed E-state index contributed by atoms with van der Waals surface area (Å²) in [6.07, 6.45) is 0. The summed E-state index contributed by atoms with van der Waals surface area (Å²) in [7, 11) is 1.55. The minimum absolute atomic E-state index is 0.0333. The van der Waals surface area contributed by atoms with Crippen molar-refractivity contribution in [1.29, 1.82) is 0 Å². The molecule has 0 saturated heterocycles. The molecule has 6 nitrogen and oxygen atoms in total. The standard InChI is InChI=1S/C6H12N4O2/c1-9-6(12)4(7)5(8)10(9)2-3-11/h11H,2-3,7-8H2,1H3. The van der Waals surface area contributed by atoms with E-state index in [2.05, 4.69) is 0 Å². The van der Waals surface area contributed by atoms with E-state index < -0.39 is 0 Å². The number of aliphatic hydroxyl groups is 1. The summed E-state index contributed by atoms with van der Waals surface area (Å²) in [5, 5.41) is 8.64. The van der Waals surface area contributed by atoms with Crippen LogP contribution in [0.4, 0.5) is 11.5 Å². The SMILES string of the molecule is Cn1c(=O)c(N)c(N)n1CCO. The maximum Gasteiger partial charge on any atom is 0.291 e. The molecule has 0 fully saturated rings. The van der Waals surface area contributed by atoms with Crippen molar-refractivity contribution < 1.29 is 5.11 Å². The van der Waals surface area contributed by atoms with Crippen molar-refractivity contribution >= 4 is 11.5 Å². The molecular weight excluding hydrogens is 160 g/mol. The molecule has 1 aromatic rings. The van der Waals surface area contributed by atoms with Crippen molar-refractivity contribution in [1.82, 2.24) is 9.36 Å². The Labute approximate surface area is 69.0 Å². The fourth-order valence-electron chi connectivity index (χ4n) is 1.06. The molecule has 0 saturated carbocycles. The molecule has 0 unspecified atom stereocenters. The predicted octanol–water partition coefficient (Wildman–Crippen LogP) is -1.66. The van der Waals surface area contributed by atoms with Gasteiger partial charge in [0.05, 0.1) is 13.2 Å². The molecule has 1 heterocycles. The molecule has 0 aliphatic rings. The van der Waals surface area contributed by atoms with Crippen LogP contribution in [0.5, 0.6) is 0 Å². The van der Waals surface area contributed by atoms with Gasteiger partial charge in [0.15, 0.2) is 0 Å². The molecule has 6 heteroatoms. The Morgan fingerprint density at radius 2 is 2.08 bits per heavy atom. The Hall–Kier alpha value is -1.43. The fourth-order valence-corrected chi connectivity index (χ4v) is 1.06. The minimum Gasteiger partial charge on any atom is -0.394 e. The lowest BCUT2D eigenvalue weighted by molar-refractivity contribution is 0.261. The van der Waals surface area contributed by atoms with E-state index >= 15 is 0 Å². The quantitative estimate of drug-likeness (QED) is 0.497. The molecule has 5 N–H and O–H groups in total. The Bertz CT molecular complexity index is 338. The molecule has 0 atom stereocenters. The van der Waals surface area contributed by atoms with Gasteiger partial charge >= 0.3 is 0 Å². The second-order valence-corrected chi connectivity index (χ2v) is 2.47. The molecule has 0 spiro atoms. The van der Waals surface area contributed by atoms with Gasteiger partial charge < -0.3 is 16.6 Å². The normalized spacial score (nSPS) is 10.5. The third-order valence-electron chi connectivity index (χ3n) is 1.75. The molecule has 0 bridgehead atoms. The van der Waals surface area contributed by atoms with Gasteiger partial charge in [0.1, 0.15) is 11.5 Å². The summed E-state index contributed by atoms with van der Waals surface area (Å²) in [5.74, 6) is 0.205. The van der Waals surface area contributed by atoms with E-state index in [0.29, 0.717) is 0 Å². The second kappa shape index (κ2) is 2.90. The van der Waals surface area contributed by atoms with Gasteiger partial charge in [-0.05, 0) is 0 Å². The highest BCUT2D eigenvalue weighted by Crippen LogP contribution is 2.08. The average molecular weight is 172 g/mol. The Morgan fingerprint density at radius 3 is 2.42 bits per heavy atom. The van der Waals surface area contributed by atoms with E-state index in [0.717, 1.165) is 0 Å². The molecule has 0 aliphatic heterocycles. The van der Waals surface area contributed by atoms with Crippen LogP contribution < -0.4 is 17.0 Å². The first-order chi connectivity index (χ1) is 5.59. The topological polar surface area (TPSA) is 99.2 Å². The zero-order valence-corrected chi connectivity index (χ0v) is 6.82. The van der Waals surface area contributed by atoms with Gasteiger partial charge in [-0.15, -0.1) is 0 Å². The van der Waals surface area contributed by atoms with E-state index in [-0.39, 0.29) is 30.2 Å². The minimum atomic E-state index is -0.332. The number of rotatable bonds is 2. The first kappa shape index (κ1) is 8.66. The lowest BCUT2D eigenvalue weighted by Gasteiger charge is -2.06. The molecule has 68 valence electrons. The number of hydrogen-bond donors (Lipinski definition) is 3. The summed E-state index contributed by atoms with van der Waals surface area (Å²) < 4.78 is 2.71. The van der Waals surface area contributed by atoms with Crippen molar-refractivity contribution in [3.05, 3.63) is 10.4 Å². The second-order valence-electron chi connectivity index (χ2n) is 2.47. The van der Waals surface area contributed by atoms with Gasteiger partial charge in [-0.1, -0.05) is 0 Å². The lowest BCUT2D eigenvalue weighted by Crippen LogP contribution is -2.21. The molecule has 0 amide bonds. The van der Waals surface area contributed by atoms with E-state index in [1.807, 2.05) is 0 Å². The molecule has 0 radical (unpaired) electrons. The van der Waals surface area contributed by atoms with Gasteiger partial charge in [0.2, 0.25) is 0 Å². The van der Waals surface area contributed by atoms with E-state index in [1.54, 1.807) is 7.05 Å². The van der Waals surface area contributed by atoms with Crippen LogP contribution in [0, 0.1) is 0 Å². The number of nitrogens with two attached hydrogens (primary N) is 2. The van der Waals surface area contributed by atoms with Gasteiger partial charge in [-0.25, -0.2) is 0 Å². The van der Waals surface area contributed by atoms with Crippen LogP contribution in [-0.2, 0) is 13.6 Å². The maximum absolute atomic E-state index is 11.1. The number of nitrogens with zero attached hydrogens (tertiary/aromatic N) is 2. The Morgan fingerprint density at radius 1 is 1.50 bits per heavy atom. The fraction of sp³-hybridized carbons (Fsp3) is 0.500. The summed E-state index contributed by atoms with van der Waals surface area (Å²) >= 11 is 0. The smallest absolute Gasteiger partial charge is 0.291 e. The zero-order chi connectivity index (χ0) is 9.30. The maximum atomic E-state index is 11.1. The van der Waals surface area contributed by atoms with Crippen molar-refractivity contribution in [3.63, 3.8) is 0 Å². The molecule has 0 aliphatic carbocycles. The van der Waals surface area contributed by atoms with E-state index in [1.165, 1.54) is 9.36 Å². The third kappa shape index (κ3) is 1.06. The van der Waals surface area contributed by atoms with Gasteiger partial charge in [-0.3, -0.25) is 14.2 Å². The molecule has 1 rings (SSSR count). The van der Waals surface area contributed by atoms with Gasteiger partial charge in [-0.2, -0.15) is 0 Å². The largest absolute Gasteiger partial charge is 0.394 e. The molecule has 0 aromatic carbocycles. The average Bonchev–Trinajstić information content (AvgIpc) is 2.23. The van der Waals surface area contributed by atoms with Crippen molar-refractivity contribution in [2.75, 3.05) is 18.1 Å². The van der Waals surface area contributed by atoms with Crippen molar-refractivity contribution in [2.45, 2.75) is 6.54 Å². The van der Waals surface area contributed by atoms with Crippen LogP contribution in [-0.4, -0.2) is 21.1 Å². The van der Waals surface area contributed by atoms with Crippen LogP contribution in [0.2, 0.25) is 0 Å². The number of aliphatic hydroxyl groups excluding tert-OH is 1. The summed E-state index contributed by atoms with van der Waals surface area (Å²) in [4.78, 5) is 11.1. The highest BCUT2D eigenvalue weighted by atomic mass is 16.3. The highest BCUT2D eigenvalue weighted by molar-refractivity contribution is 5.57. The van der Waals surface area contributed by atoms with Crippen LogP contribution >= 0.6 is 0 Å². The molecular formula is C6H12N4O2. The Balaban J connectivity index is 3.28. The predicted molar refractivity (Wildman–Crippen MR) is 45.6 cm³/mol. The van der Waals surface area contributed by atoms with Crippen LogP contribution in [0.1, 0.15) is 0 Å². The summed E-state index contributed by atoms with van der Waals surface area (Å²) in [5.41, 5.74) is 10.6. The van der Waals surface area contributed by atoms with Crippen molar-refractivity contribution in [3.8, 4) is 0 Å². The van der Waals surface area contributed by atoms with E-state index in [4.69, 9.17) is 16.6 Å². The zero-order valence-electron chi connectivity index (χ0n) is 6.82. The number of anilines is 2. The monoisotopic (exact) mass is 172 g/mol. The summed E-state index contributed by atoms with van der Waals surface area (Å²) in [6.45, 7) is 0.195. The van der Waals surface area contributed by atoms with Crippen molar-refractivity contribution in [2.24, 2.45) is 7.05 Å². The number of aromatic nitrogens is 2. The van der Waals surface area contributed by atoms with Crippen LogP contribution in [0.3, 0.4) is 0 Å². The highest BCUT2D eigenvalue weighted by Gasteiger charge is 2.10. The van der Waals surface area contributed by atoms with Gasteiger partial charge in [0, 0.05) is 7.05 Å². The first-order valence-electron chi connectivity index (χ1n) is 3.51. The lowest BCUT2D eigenvalue weighted by atomic mass is 10.5. The summed E-state index contributed by atoms with van der Waals surface area (Å²) in [6, 6.07) is 0. The molecule has 1 aromatic heterocycles. The third-order valence-corrected chi connectivity index (χ3v) is 1.75. The van der Waals surface area contributed by atoms with Crippen LogP contribution in [0.25, 0.3) is 0 Å². The Kier molecular flexibility index (Phi) is 2.09. The van der Waals surface area contributed by atoms with Crippen LogP contribution in [0.15, 0.2) is 4.79 Å². The number of nitrogen functional groups attached to an aromatic ring is 2. The first-order valence-corrected chi connectivity index (χ1v) is 3.51. The molecule has 12 heavy (non-hydrogen) atoms. The number of hydrogen-bond acceptors (Lipinski definition) is 4. The van der Waals surface area contributed by atoms with E-state index in [9.17, 15) is 4.79 Å².